The van der Waals surface area contributed by atoms with E-state index in [1.54, 1.807) is 24.3 Å². The van der Waals surface area contributed by atoms with Gasteiger partial charge < -0.3 is 9.26 Å². The molecule has 3 rings (SSSR count). The van der Waals surface area contributed by atoms with E-state index in [9.17, 15) is 14.0 Å². The van der Waals surface area contributed by atoms with Gasteiger partial charge in [-0.15, -0.1) is 11.8 Å². The number of nitrogens with zero attached hydrogens (tertiary/aromatic N) is 1. The molecule has 0 saturated heterocycles. The van der Waals surface area contributed by atoms with Crippen LogP contribution in [0.4, 0.5) is 10.3 Å². The molecule has 1 aromatic heterocycles. The molecule has 0 unspecified atom stereocenters. The summed E-state index contributed by atoms with van der Waals surface area (Å²) >= 11 is 1.00. The lowest BCUT2D eigenvalue weighted by Gasteiger charge is -2.05. The van der Waals surface area contributed by atoms with E-state index in [1.807, 2.05) is 31.2 Å². The van der Waals surface area contributed by atoms with Crippen molar-refractivity contribution in [3.05, 3.63) is 66.0 Å². The SMILES string of the molecule is Cc1ccc(-c2cc(NC(=O)COC(=O)CSc3ccccc3F)on2)cc1. The standard InChI is InChI=1S/C20H17FN2O4S/c1-13-6-8-14(9-7-13)16-10-19(27-23-16)22-18(24)11-26-20(25)12-28-17-5-3-2-4-15(17)21/h2-10H,11-12H2,1H3,(H,22,24). The van der Waals surface area contributed by atoms with E-state index in [-0.39, 0.29) is 11.6 Å². The molecule has 0 saturated carbocycles. The van der Waals surface area contributed by atoms with E-state index >= 15 is 0 Å². The first kappa shape index (κ1) is 19.6. The highest BCUT2D eigenvalue weighted by atomic mass is 32.2. The third-order valence-electron chi connectivity index (χ3n) is 3.67. The number of aryl methyl sites for hydroxylation is 1. The fraction of sp³-hybridized carbons (Fsp3) is 0.150. The first-order chi connectivity index (χ1) is 13.5. The first-order valence-electron chi connectivity index (χ1n) is 8.38. The summed E-state index contributed by atoms with van der Waals surface area (Å²) in [7, 11) is 0. The maximum Gasteiger partial charge on any atom is 0.316 e. The molecule has 1 heterocycles. The van der Waals surface area contributed by atoms with Gasteiger partial charge in [-0.25, -0.2) is 4.39 Å². The molecule has 1 amide bonds. The van der Waals surface area contributed by atoms with Gasteiger partial charge in [-0.3, -0.25) is 14.9 Å². The van der Waals surface area contributed by atoms with Crippen molar-refractivity contribution in [2.45, 2.75) is 11.8 Å². The van der Waals surface area contributed by atoms with Crippen LogP contribution in [0.25, 0.3) is 11.3 Å². The number of rotatable bonds is 7. The number of hydrogen-bond donors (Lipinski definition) is 1. The number of carbonyl (C=O) groups is 2. The predicted molar refractivity (Wildman–Crippen MR) is 103 cm³/mol. The smallest absolute Gasteiger partial charge is 0.316 e. The maximum atomic E-state index is 13.5. The Bertz CT molecular complexity index is 972. The minimum absolute atomic E-state index is 0.103. The second-order valence-electron chi connectivity index (χ2n) is 5.87. The van der Waals surface area contributed by atoms with Crippen molar-refractivity contribution < 1.29 is 23.2 Å². The van der Waals surface area contributed by atoms with Crippen LogP contribution in [0.15, 0.2) is 64.0 Å². The molecular formula is C20H17FN2O4S. The molecule has 2 aromatic carbocycles. The van der Waals surface area contributed by atoms with E-state index < -0.39 is 24.3 Å². The quantitative estimate of drug-likeness (QED) is 0.476. The van der Waals surface area contributed by atoms with Crippen molar-refractivity contribution in [3.63, 3.8) is 0 Å². The average molecular weight is 400 g/mol. The average Bonchev–Trinajstić information content (AvgIpc) is 3.14. The number of anilines is 1. The molecule has 0 spiro atoms. The van der Waals surface area contributed by atoms with Gasteiger partial charge in [0.1, 0.15) is 11.5 Å². The summed E-state index contributed by atoms with van der Waals surface area (Å²) in [6.07, 6.45) is 0. The molecule has 0 atom stereocenters. The second kappa shape index (κ2) is 9.18. The zero-order valence-corrected chi connectivity index (χ0v) is 15.8. The summed E-state index contributed by atoms with van der Waals surface area (Å²) in [6.45, 7) is 1.51. The molecule has 144 valence electrons. The number of ether oxygens (including phenoxy) is 1. The van der Waals surface area contributed by atoms with Gasteiger partial charge in [0, 0.05) is 16.5 Å². The Morgan fingerprint density at radius 2 is 1.93 bits per heavy atom. The lowest BCUT2D eigenvalue weighted by molar-refractivity contribution is -0.144. The fourth-order valence-electron chi connectivity index (χ4n) is 2.25. The third-order valence-corrected chi connectivity index (χ3v) is 4.69. The van der Waals surface area contributed by atoms with Crippen LogP contribution in [0.5, 0.6) is 0 Å². The van der Waals surface area contributed by atoms with Gasteiger partial charge in [-0.1, -0.05) is 47.1 Å². The van der Waals surface area contributed by atoms with Crippen molar-refractivity contribution in [3.8, 4) is 11.3 Å². The highest BCUT2D eigenvalue weighted by molar-refractivity contribution is 8.00. The van der Waals surface area contributed by atoms with Crippen molar-refractivity contribution >= 4 is 29.5 Å². The second-order valence-corrected chi connectivity index (χ2v) is 6.89. The Kier molecular flexibility index (Phi) is 6.44. The number of carbonyl (C=O) groups excluding carboxylic acids is 2. The monoisotopic (exact) mass is 400 g/mol. The third kappa shape index (κ3) is 5.43. The van der Waals surface area contributed by atoms with Gasteiger partial charge in [0.15, 0.2) is 6.61 Å². The Balaban J connectivity index is 1.45. The van der Waals surface area contributed by atoms with Crippen LogP contribution >= 0.6 is 11.8 Å². The number of amides is 1. The molecule has 0 aliphatic rings. The fourth-order valence-corrected chi connectivity index (χ4v) is 2.99. The van der Waals surface area contributed by atoms with Crippen LogP contribution in [-0.4, -0.2) is 29.4 Å². The van der Waals surface area contributed by atoms with Crippen LogP contribution in [0.2, 0.25) is 0 Å². The number of halogens is 1. The topological polar surface area (TPSA) is 81.4 Å². The summed E-state index contributed by atoms with van der Waals surface area (Å²) < 4.78 is 23.5. The van der Waals surface area contributed by atoms with Crippen LogP contribution in [0, 0.1) is 12.7 Å². The van der Waals surface area contributed by atoms with Gasteiger partial charge in [0.2, 0.25) is 5.88 Å². The van der Waals surface area contributed by atoms with Crippen LogP contribution in [0.1, 0.15) is 5.56 Å². The number of nitrogens with one attached hydrogen (secondary N) is 1. The van der Waals surface area contributed by atoms with E-state index in [1.165, 1.54) is 6.07 Å². The molecule has 6 nitrogen and oxygen atoms in total. The molecule has 0 fully saturated rings. The minimum atomic E-state index is -0.624. The first-order valence-corrected chi connectivity index (χ1v) is 9.36. The molecule has 0 aliphatic carbocycles. The Morgan fingerprint density at radius 3 is 2.68 bits per heavy atom. The number of benzene rings is 2. The molecule has 8 heteroatoms. The van der Waals surface area contributed by atoms with Gasteiger partial charge in [-0.2, -0.15) is 0 Å². The summed E-state index contributed by atoms with van der Waals surface area (Å²) in [5, 5.41) is 6.37. The molecule has 28 heavy (non-hydrogen) atoms. The van der Waals surface area contributed by atoms with Gasteiger partial charge in [0.25, 0.3) is 5.91 Å². The summed E-state index contributed by atoms with van der Waals surface area (Å²) in [4.78, 5) is 24.0. The van der Waals surface area contributed by atoms with Crippen LogP contribution < -0.4 is 5.32 Å². The van der Waals surface area contributed by atoms with E-state index in [0.29, 0.717) is 10.6 Å². The van der Waals surface area contributed by atoms with Gasteiger partial charge in [0.05, 0.1) is 5.75 Å². The molecular weight excluding hydrogens is 383 g/mol. The minimum Gasteiger partial charge on any atom is -0.455 e. The van der Waals surface area contributed by atoms with E-state index in [0.717, 1.165) is 22.9 Å². The van der Waals surface area contributed by atoms with Crippen molar-refractivity contribution in [2.24, 2.45) is 0 Å². The molecule has 0 bridgehead atoms. The lowest BCUT2D eigenvalue weighted by Crippen LogP contribution is -2.21. The highest BCUT2D eigenvalue weighted by Crippen LogP contribution is 2.22. The molecule has 0 aliphatic heterocycles. The number of hydrogen-bond acceptors (Lipinski definition) is 6. The highest BCUT2D eigenvalue weighted by Gasteiger charge is 2.13. The van der Waals surface area contributed by atoms with Crippen molar-refractivity contribution in [2.75, 3.05) is 17.7 Å². The maximum absolute atomic E-state index is 13.5. The Hall–Kier alpha value is -3.13. The van der Waals surface area contributed by atoms with Crippen LogP contribution in [0.3, 0.4) is 0 Å². The van der Waals surface area contributed by atoms with Crippen LogP contribution in [-0.2, 0) is 14.3 Å². The predicted octanol–water partition coefficient (Wildman–Crippen LogP) is 4.06. The normalized spacial score (nSPS) is 10.5. The summed E-state index contributed by atoms with van der Waals surface area (Å²) in [6, 6.07) is 15.4. The zero-order valence-electron chi connectivity index (χ0n) is 15.0. The van der Waals surface area contributed by atoms with Gasteiger partial charge in [-0.05, 0) is 19.1 Å². The largest absolute Gasteiger partial charge is 0.455 e. The van der Waals surface area contributed by atoms with Gasteiger partial charge >= 0.3 is 5.97 Å². The molecule has 3 aromatic rings. The van der Waals surface area contributed by atoms with Crippen molar-refractivity contribution in [1.82, 2.24) is 5.16 Å². The molecule has 0 radical (unpaired) electrons. The van der Waals surface area contributed by atoms with Crippen molar-refractivity contribution in [1.29, 1.82) is 0 Å². The molecule has 1 N–H and O–H groups in total. The Morgan fingerprint density at radius 1 is 1.18 bits per heavy atom. The van der Waals surface area contributed by atoms with E-state index in [4.69, 9.17) is 9.26 Å². The lowest BCUT2D eigenvalue weighted by atomic mass is 10.1. The number of esters is 1. The van der Waals surface area contributed by atoms with E-state index in [2.05, 4.69) is 10.5 Å². The summed E-state index contributed by atoms with van der Waals surface area (Å²) in [5.74, 6) is -1.55. The Labute approximate surface area is 165 Å². The summed E-state index contributed by atoms with van der Waals surface area (Å²) in [5.41, 5.74) is 2.55. The number of thioether (sulfide) groups is 1. The number of aromatic nitrogens is 1. The zero-order chi connectivity index (χ0) is 19.9.